The highest BCUT2D eigenvalue weighted by molar-refractivity contribution is 9.10. The van der Waals surface area contributed by atoms with Gasteiger partial charge >= 0.3 is 0 Å². The van der Waals surface area contributed by atoms with Crippen molar-refractivity contribution in [1.29, 1.82) is 0 Å². The number of nitrogens with zero attached hydrogens (tertiary/aromatic N) is 2. The molecule has 0 bridgehead atoms. The summed E-state index contributed by atoms with van der Waals surface area (Å²) in [6.45, 7) is 2.80. The molecule has 0 aliphatic rings. The second-order valence-electron chi connectivity index (χ2n) is 4.24. The van der Waals surface area contributed by atoms with E-state index in [-0.39, 0.29) is 0 Å². The van der Waals surface area contributed by atoms with E-state index in [1.54, 1.807) is 0 Å². The molecule has 0 saturated heterocycles. The Hall–Kier alpha value is -1.06. The van der Waals surface area contributed by atoms with Gasteiger partial charge < -0.3 is 4.90 Å². The van der Waals surface area contributed by atoms with Crippen molar-refractivity contribution in [2.45, 2.75) is 13.5 Å². The number of anilines is 1. The fourth-order valence-corrected chi connectivity index (χ4v) is 2.53. The Morgan fingerprint density at radius 3 is 2.72 bits per heavy atom. The molecular weight excluding hydrogens is 312 g/mol. The molecule has 2 rings (SSSR count). The van der Waals surface area contributed by atoms with E-state index in [1.807, 2.05) is 37.5 Å². The number of aromatic nitrogens is 1. The molecule has 0 aliphatic heterocycles. The lowest BCUT2D eigenvalue weighted by Gasteiger charge is -2.20. The molecule has 0 amide bonds. The quantitative estimate of drug-likeness (QED) is 0.829. The van der Waals surface area contributed by atoms with Gasteiger partial charge in [0, 0.05) is 29.3 Å². The van der Waals surface area contributed by atoms with Gasteiger partial charge in [-0.05, 0) is 46.1 Å². The lowest BCUT2D eigenvalue weighted by Crippen LogP contribution is -2.19. The first kappa shape index (κ1) is 13.4. The maximum Gasteiger partial charge on any atom is 0.131 e. The Labute approximate surface area is 121 Å². The zero-order valence-corrected chi connectivity index (χ0v) is 12.7. The molecule has 4 heteroatoms. The molecule has 0 fully saturated rings. The van der Waals surface area contributed by atoms with Crippen LogP contribution in [0.2, 0.25) is 5.02 Å². The summed E-state index contributed by atoms with van der Waals surface area (Å²) in [5.74, 6) is 0.970. The van der Waals surface area contributed by atoms with Crippen LogP contribution in [-0.2, 0) is 6.54 Å². The average molecular weight is 326 g/mol. The molecule has 94 valence electrons. The summed E-state index contributed by atoms with van der Waals surface area (Å²) in [5.41, 5.74) is 2.24. The molecule has 0 radical (unpaired) electrons. The summed E-state index contributed by atoms with van der Waals surface area (Å²) in [7, 11) is 2.02. The van der Waals surface area contributed by atoms with Crippen molar-refractivity contribution in [3.8, 4) is 0 Å². The Bertz CT molecular complexity index is 557. The van der Waals surface area contributed by atoms with Crippen molar-refractivity contribution in [2.75, 3.05) is 11.9 Å². The Morgan fingerprint density at radius 1 is 1.33 bits per heavy atom. The molecule has 1 aromatic carbocycles. The van der Waals surface area contributed by atoms with Gasteiger partial charge in [-0.3, -0.25) is 0 Å². The van der Waals surface area contributed by atoms with Crippen LogP contribution in [0.25, 0.3) is 0 Å². The number of benzene rings is 1. The molecule has 1 aromatic heterocycles. The van der Waals surface area contributed by atoms with Gasteiger partial charge in [-0.1, -0.05) is 29.8 Å². The molecule has 0 N–H and O–H groups in total. The number of halogens is 2. The lowest BCUT2D eigenvalue weighted by atomic mass is 10.2. The second-order valence-corrected chi connectivity index (χ2v) is 5.56. The van der Waals surface area contributed by atoms with Crippen LogP contribution in [0.1, 0.15) is 11.1 Å². The molecule has 2 nitrogen and oxygen atoms in total. The van der Waals surface area contributed by atoms with Crippen LogP contribution in [0.4, 0.5) is 5.82 Å². The van der Waals surface area contributed by atoms with Crippen molar-refractivity contribution >= 4 is 33.3 Å². The molecule has 2 aromatic rings. The van der Waals surface area contributed by atoms with Crippen molar-refractivity contribution < 1.29 is 0 Å². The topological polar surface area (TPSA) is 16.1 Å². The molecule has 1 heterocycles. The predicted octanol–water partition coefficient (Wildman–Crippen LogP) is 4.44. The predicted molar refractivity (Wildman–Crippen MR) is 80.2 cm³/mol. The van der Waals surface area contributed by atoms with E-state index in [9.17, 15) is 0 Å². The largest absolute Gasteiger partial charge is 0.355 e. The van der Waals surface area contributed by atoms with Crippen LogP contribution in [0.3, 0.4) is 0 Å². The fraction of sp³-hybridized carbons (Fsp3) is 0.214. The van der Waals surface area contributed by atoms with Gasteiger partial charge in [0.25, 0.3) is 0 Å². The number of pyridine rings is 1. The molecule has 18 heavy (non-hydrogen) atoms. The highest BCUT2D eigenvalue weighted by atomic mass is 79.9. The van der Waals surface area contributed by atoms with Crippen LogP contribution >= 0.6 is 27.5 Å². The number of hydrogen-bond donors (Lipinski definition) is 0. The molecule has 0 atom stereocenters. The summed E-state index contributed by atoms with van der Waals surface area (Å²) in [4.78, 5) is 6.54. The van der Waals surface area contributed by atoms with Gasteiger partial charge in [-0.2, -0.15) is 0 Å². The number of hydrogen-bond acceptors (Lipinski definition) is 2. The minimum atomic E-state index is 0.745. The van der Waals surface area contributed by atoms with E-state index in [0.29, 0.717) is 0 Å². The van der Waals surface area contributed by atoms with E-state index in [0.717, 1.165) is 33.0 Å². The monoisotopic (exact) mass is 324 g/mol. The Kier molecular flexibility index (Phi) is 4.25. The minimum Gasteiger partial charge on any atom is -0.355 e. The zero-order valence-electron chi connectivity index (χ0n) is 10.3. The van der Waals surface area contributed by atoms with E-state index in [1.165, 1.54) is 0 Å². The minimum absolute atomic E-state index is 0.745. The molecule has 0 saturated carbocycles. The maximum atomic E-state index is 6.17. The number of aryl methyl sites for hydroxylation is 1. The van der Waals surface area contributed by atoms with Gasteiger partial charge in [-0.15, -0.1) is 0 Å². The highest BCUT2D eigenvalue weighted by Gasteiger charge is 2.09. The Balaban J connectivity index is 2.22. The van der Waals surface area contributed by atoms with Crippen molar-refractivity contribution in [3.63, 3.8) is 0 Å². The first-order valence-corrected chi connectivity index (χ1v) is 6.81. The van der Waals surface area contributed by atoms with Crippen molar-refractivity contribution in [1.82, 2.24) is 4.98 Å². The van der Waals surface area contributed by atoms with Gasteiger partial charge in [-0.25, -0.2) is 4.98 Å². The van der Waals surface area contributed by atoms with Gasteiger partial charge in [0.05, 0.1) is 0 Å². The van der Waals surface area contributed by atoms with Crippen molar-refractivity contribution in [3.05, 3.63) is 57.2 Å². The highest BCUT2D eigenvalue weighted by Crippen LogP contribution is 2.23. The summed E-state index contributed by atoms with van der Waals surface area (Å²) in [6, 6.07) is 9.94. The maximum absolute atomic E-state index is 6.17. The summed E-state index contributed by atoms with van der Waals surface area (Å²) >= 11 is 9.59. The van der Waals surface area contributed by atoms with Gasteiger partial charge in [0.15, 0.2) is 0 Å². The molecule has 0 unspecified atom stereocenters. The SMILES string of the molecule is Cc1cc(Br)cnc1N(C)Cc1ccccc1Cl. The first-order chi connectivity index (χ1) is 8.58. The van der Waals surface area contributed by atoms with Gasteiger partial charge in [0.2, 0.25) is 0 Å². The van der Waals surface area contributed by atoms with E-state index < -0.39 is 0 Å². The van der Waals surface area contributed by atoms with Gasteiger partial charge in [0.1, 0.15) is 5.82 Å². The third kappa shape index (κ3) is 3.03. The van der Waals surface area contributed by atoms with Crippen LogP contribution in [-0.4, -0.2) is 12.0 Å². The molecule has 0 aliphatic carbocycles. The van der Waals surface area contributed by atoms with E-state index in [4.69, 9.17) is 11.6 Å². The summed E-state index contributed by atoms with van der Waals surface area (Å²) < 4.78 is 0.995. The lowest BCUT2D eigenvalue weighted by molar-refractivity contribution is 0.890. The smallest absolute Gasteiger partial charge is 0.131 e. The van der Waals surface area contributed by atoms with E-state index >= 15 is 0 Å². The average Bonchev–Trinajstić information content (AvgIpc) is 2.32. The summed E-state index contributed by atoms with van der Waals surface area (Å²) in [6.07, 6.45) is 1.81. The van der Waals surface area contributed by atoms with Crippen LogP contribution in [0.15, 0.2) is 41.0 Å². The number of rotatable bonds is 3. The van der Waals surface area contributed by atoms with E-state index in [2.05, 4.69) is 38.8 Å². The zero-order chi connectivity index (χ0) is 13.1. The Morgan fingerprint density at radius 2 is 2.06 bits per heavy atom. The van der Waals surface area contributed by atoms with Crippen molar-refractivity contribution in [2.24, 2.45) is 0 Å². The van der Waals surface area contributed by atoms with Crippen LogP contribution in [0, 0.1) is 6.92 Å². The fourth-order valence-electron chi connectivity index (χ4n) is 1.89. The normalized spacial score (nSPS) is 10.4. The van der Waals surface area contributed by atoms with Crippen LogP contribution in [0.5, 0.6) is 0 Å². The third-order valence-corrected chi connectivity index (χ3v) is 3.55. The first-order valence-electron chi connectivity index (χ1n) is 5.64. The summed E-state index contributed by atoms with van der Waals surface area (Å²) in [5, 5.41) is 0.791. The molecule has 0 spiro atoms. The van der Waals surface area contributed by atoms with Crippen LogP contribution < -0.4 is 4.90 Å². The third-order valence-electron chi connectivity index (χ3n) is 2.74. The second kappa shape index (κ2) is 5.72. The standard InChI is InChI=1S/C14H14BrClN2/c1-10-7-12(15)8-17-14(10)18(2)9-11-5-3-4-6-13(11)16/h3-8H,9H2,1-2H3. The molecular formula is C14H14BrClN2.